The third kappa shape index (κ3) is 3.99. The number of nitrogens with zero attached hydrogens (tertiary/aromatic N) is 1. The van der Waals surface area contributed by atoms with Gasteiger partial charge >= 0.3 is 0 Å². The number of ether oxygens (including phenoxy) is 2. The van der Waals surface area contributed by atoms with Crippen LogP contribution in [0.15, 0.2) is 45.5 Å². The fourth-order valence-corrected chi connectivity index (χ4v) is 3.18. The number of carbonyl (C=O) groups is 1. The van der Waals surface area contributed by atoms with Gasteiger partial charge in [-0.1, -0.05) is 18.2 Å². The first-order chi connectivity index (χ1) is 11.7. The molecule has 1 aliphatic heterocycles. The molecule has 0 radical (unpaired) electrons. The lowest BCUT2D eigenvalue weighted by Crippen LogP contribution is -2.36. The van der Waals surface area contributed by atoms with Gasteiger partial charge in [-0.2, -0.15) is 0 Å². The Kier molecular flexibility index (Phi) is 5.58. The van der Waals surface area contributed by atoms with Gasteiger partial charge in [0.2, 0.25) is 0 Å². The van der Waals surface area contributed by atoms with Crippen molar-refractivity contribution >= 4 is 21.8 Å². The van der Waals surface area contributed by atoms with Crippen molar-refractivity contribution in [2.45, 2.75) is 25.5 Å². The summed E-state index contributed by atoms with van der Waals surface area (Å²) in [4.78, 5) is 14.6. The maximum Gasteiger partial charge on any atom is 0.290 e. The molecule has 0 aliphatic carbocycles. The Hall–Kier alpha value is -1.79. The molecule has 1 saturated heterocycles. The average Bonchev–Trinajstić information content (AvgIpc) is 3.25. The van der Waals surface area contributed by atoms with E-state index >= 15 is 0 Å². The quantitative estimate of drug-likeness (QED) is 0.747. The summed E-state index contributed by atoms with van der Waals surface area (Å²) in [6, 6.07) is 11.1. The van der Waals surface area contributed by atoms with Crippen molar-refractivity contribution in [2.24, 2.45) is 0 Å². The maximum absolute atomic E-state index is 12.9. The van der Waals surface area contributed by atoms with Crippen LogP contribution in [0.5, 0.6) is 5.75 Å². The van der Waals surface area contributed by atoms with Gasteiger partial charge in [0.1, 0.15) is 5.75 Å². The highest BCUT2D eigenvalue weighted by Crippen LogP contribution is 2.23. The molecule has 1 fully saturated rings. The Balaban J connectivity index is 1.82. The van der Waals surface area contributed by atoms with Crippen LogP contribution >= 0.6 is 15.9 Å². The molecule has 1 aliphatic rings. The van der Waals surface area contributed by atoms with Gasteiger partial charge in [-0.05, 0) is 47.0 Å². The second-order valence-corrected chi connectivity index (χ2v) is 6.52. The fourth-order valence-electron chi connectivity index (χ4n) is 2.88. The van der Waals surface area contributed by atoms with Crippen molar-refractivity contribution in [2.75, 3.05) is 20.3 Å². The molecule has 2 aromatic rings. The number of halogens is 1. The normalized spacial score (nSPS) is 17.0. The fraction of sp³-hybridized carbons (Fsp3) is 0.389. The predicted molar refractivity (Wildman–Crippen MR) is 93.1 cm³/mol. The molecule has 1 atom stereocenters. The number of amides is 1. The molecule has 1 aromatic carbocycles. The summed E-state index contributed by atoms with van der Waals surface area (Å²) in [5, 5.41) is 0. The molecule has 1 aromatic heterocycles. The van der Waals surface area contributed by atoms with E-state index in [1.807, 2.05) is 24.3 Å². The third-order valence-electron chi connectivity index (χ3n) is 4.07. The second-order valence-electron chi connectivity index (χ2n) is 5.74. The molecule has 2 heterocycles. The highest BCUT2D eigenvalue weighted by molar-refractivity contribution is 9.10. The van der Waals surface area contributed by atoms with E-state index in [4.69, 9.17) is 13.9 Å². The van der Waals surface area contributed by atoms with E-state index in [0.717, 1.165) is 30.8 Å². The van der Waals surface area contributed by atoms with Gasteiger partial charge < -0.3 is 18.8 Å². The van der Waals surface area contributed by atoms with Crippen LogP contribution in [0.3, 0.4) is 0 Å². The van der Waals surface area contributed by atoms with Gasteiger partial charge in [0.25, 0.3) is 5.91 Å². The van der Waals surface area contributed by atoms with E-state index in [1.165, 1.54) is 0 Å². The lowest BCUT2D eigenvalue weighted by atomic mass is 10.1. The van der Waals surface area contributed by atoms with Crippen molar-refractivity contribution in [1.29, 1.82) is 0 Å². The molecule has 24 heavy (non-hydrogen) atoms. The number of carbonyl (C=O) groups excluding carboxylic acids is 1. The van der Waals surface area contributed by atoms with Crippen LogP contribution in [0, 0.1) is 0 Å². The van der Waals surface area contributed by atoms with Crippen LogP contribution in [-0.4, -0.2) is 37.2 Å². The van der Waals surface area contributed by atoms with Crippen molar-refractivity contribution in [1.82, 2.24) is 4.90 Å². The third-order valence-corrected chi connectivity index (χ3v) is 4.50. The number of methoxy groups -OCH3 is 1. The van der Waals surface area contributed by atoms with Crippen LogP contribution in [-0.2, 0) is 11.3 Å². The number of rotatable bonds is 6. The van der Waals surface area contributed by atoms with Crippen LogP contribution in [0.25, 0.3) is 0 Å². The lowest BCUT2D eigenvalue weighted by Gasteiger charge is -2.25. The van der Waals surface area contributed by atoms with E-state index in [2.05, 4.69) is 15.9 Å². The molecule has 0 saturated carbocycles. The zero-order chi connectivity index (χ0) is 16.9. The predicted octanol–water partition coefficient (Wildman–Crippen LogP) is 3.87. The van der Waals surface area contributed by atoms with E-state index in [0.29, 0.717) is 23.5 Å². The molecule has 0 bridgehead atoms. The number of hydrogen-bond donors (Lipinski definition) is 0. The van der Waals surface area contributed by atoms with E-state index in [9.17, 15) is 4.79 Å². The van der Waals surface area contributed by atoms with Crippen molar-refractivity contribution in [3.8, 4) is 5.75 Å². The van der Waals surface area contributed by atoms with Crippen molar-refractivity contribution in [3.05, 3.63) is 52.4 Å². The maximum atomic E-state index is 12.9. The first kappa shape index (κ1) is 17.0. The monoisotopic (exact) mass is 393 g/mol. The molecule has 1 unspecified atom stereocenters. The number of furan rings is 1. The largest absolute Gasteiger partial charge is 0.496 e. The summed E-state index contributed by atoms with van der Waals surface area (Å²) in [5.41, 5.74) is 0.956. The lowest BCUT2D eigenvalue weighted by molar-refractivity contribution is 0.0481. The van der Waals surface area contributed by atoms with Crippen molar-refractivity contribution in [3.63, 3.8) is 0 Å². The molecule has 5 nitrogen and oxygen atoms in total. The highest BCUT2D eigenvalue weighted by Gasteiger charge is 2.26. The van der Waals surface area contributed by atoms with E-state index in [1.54, 1.807) is 24.1 Å². The number of hydrogen-bond acceptors (Lipinski definition) is 4. The molecule has 128 valence electrons. The zero-order valence-corrected chi connectivity index (χ0v) is 15.1. The molecule has 0 N–H and O–H groups in total. The van der Waals surface area contributed by atoms with Gasteiger partial charge in [0.15, 0.2) is 10.4 Å². The Morgan fingerprint density at radius 2 is 2.17 bits per heavy atom. The summed E-state index contributed by atoms with van der Waals surface area (Å²) in [6.45, 7) is 1.74. The molecule has 3 rings (SSSR count). The first-order valence-electron chi connectivity index (χ1n) is 7.95. The average molecular weight is 394 g/mol. The smallest absolute Gasteiger partial charge is 0.290 e. The van der Waals surface area contributed by atoms with Crippen molar-refractivity contribution < 1.29 is 18.7 Å². The number of benzene rings is 1. The molecular weight excluding hydrogens is 374 g/mol. The standard InChI is InChI=1S/C18H20BrNO4/c1-22-15-7-3-2-5-13(15)11-20(12-14-6-4-10-23-14)18(21)16-8-9-17(19)24-16/h2-3,5,7-9,14H,4,6,10-12H2,1H3. The van der Waals surface area contributed by atoms with Crippen LogP contribution in [0.1, 0.15) is 29.0 Å². The SMILES string of the molecule is COc1ccccc1CN(CC1CCCO1)C(=O)c1ccc(Br)o1. The van der Waals surface area contributed by atoms with Gasteiger partial charge in [-0.15, -0.1) is 0 Å². The minimum absolute atomic E-state index is 0.0714. The topological polar surface area (TPSA) is 51.9 Å². The Bertz CT molecular complexity index is 694. The molecule has 1 amide bonds. The summed E-state index contributed by atoms with van der Waals surface area (Å²) >= 11 is 3.25. The Labute approximate surface area is 149 Å². The Morgan fingerprint density at radius 3 is 2.83 bits per heavy atom. The Morgan fingerprint density at radius 1 is 1.33 bits per heavy atom. The zero-order valence-electron chi connectivity index (χ0n) is 13.5. The summed E-state index contributed by atoms with van der Waals surface area (Å²) in [5.74, 6) is 0.931. The second kappa shape index (κ2) is 7.85. The first-order valence-corrected chi connectivity index (χ1v) is 8.75. The van der Waals surface area contributed by atoms with Crippen LogP contribution in [0.4, 0.5) is 0 Å². The summed E-state index contributed by atoms with van der Waals surface area (Å²) in [7, 11) is 1.63. The van der Waals surface area contributed by atoms with Crippen LogP contribution < -0.4 is 4.74 Å². The molecular formula is C18H20BrNO4. The van der Waals surface area contributed by atoms with Crippen LogP contribution in [0.2, 0.25) is 0 Å². The van der Waals surface area contributed by atoms with Gasteiger partial charge in [-0.3, -0.25) is 4.79 Å². The van der Waals surface area contributed by atoms with Gasteiger partial charge in [0.05, 0.1) is 13.2 Å². The molecule has 6 heteroatoms. The van der Waals surface area contributed by atoms with Gasteiger partial charge in [0, 0.05) is 25.3 Å². The van der Waals surface area contributed by atoms with E-state index in [-0.39, 0.29) is 12.0 Å². The highest BCUT2D eigenvalue weighted by atomic mass is 79.9. The van der Waals surface area contributed by atoms with Gasteiger partial charge in [-0.25, -0.2) is 0 Å². The summed E-state index contributed by atoms with van der Waals surface area (Å²) < 4.78 is 17.1. The minimum atomic E-state index is -0.151. The van der Waals surface area contributed by atoms with E-state index < -0.39 is 0 Å². The minimum Gasteiger partial charge on any atom is -0.496 e. The molecule has 0 spiro atoms. The summed E-state index contributed by atoms with van der Waals surface area (Å²) in [6.07, 6.45) is 2.08. The number of para-hydroxylation sites is 1.